The highest BCUT2D eigenvalue weighted by atomic mass is 16.3. The van der Waals surface area contributed by atoms with Crippen LogP contribution in [-0.4, -0.2) is 26.5 Å². The second-order valence-corrected chi connectivity index (χ2v) is 4.61. The highest BCUT2D eigenvalue weighted by Gasteiger charge is 2.18. The highest BCUT2D eigenvalue weighted by molar-refractivity contribution is 5.41. The number of rotatable bonds is 7. The van der Waals surface area contributed by atoms with E-state index in [-0.39, 0.29) is 11.5 Å². The Balaban J connectivity index is 2.51. The topological polar surface area (TPSA) is 80.9 Å². The third kappa shape index (κ3) is 4.20. The summed E-state index contributed by atoms with van der Waals surface area (Å²) in [6.07, 6.45) is 2.83. The molecule has 0 bridgehead atoms. The van der Waals surface area contributed by atoms with Crippen LogP contribution < -0.4 is 0 Å². The fraction of sp³-hybridized carbons (Fsp3) is 0.571. The van der Waals surface area contributed by atoms with Crippen molar-refractivity contribution >= 4 is 0 Å². The molecule has 1 aromatic carbocycles. The largest absolute Gasteiger partial charge is 0.504 e. The average molecular weight is 254 g/mol. The van der Waals surface area contributed by atoms with Crippen LogP contribution in [0.5, 0.6) is 11.5 Å². The summed E-state index contributed by atoms with van der Waals surface area (Å²) in [5.41, 5.74) is 0.410. The monoisotopic (exact) mass is 254 g/mol. The molecule has 0 radical (unpaired) electrons. The highest BCUT2D eigenvalue weighted by Crippen LogP contribution is 2.29. The van der Waals surface area contributed by atoms with Crippen molar-refractivity contribution < 1.29 is 20.4 Å². The van der Waals surface area contributed by atoms with E-state index < -0.39 is 12.2 Å². The predicted molar refractivity (Wildman–Crippen MR) is 69.5 cm³/mol. The lowest BCUT2D eigenvalue weighted by Crippen LogP contribution is -2.18. The molecule has 0 aliphatic heterocycles. The second kappa shape index (κ2) is 7.24. The van der Waals surface area contributed by atoms with E-state index in [9.17, 15) is 20.4 Å². The van der Waals surface area contributed by atoms with E-state index in [0.29, 0.717) is 12.0 Å². The molecule has 102 valence electrons. The fourth-order valence-corrected chi connectivity index (χ4v) is 1.88. The number of hydrogen-bond acceptors (Lipinski definition) is 4. The summed E-state index contributed by atoms with van der Waals surface area (Å²) in [6.45, 7) is 2.12. The van der Waals surface area contributed by atoms with Crippen LogP contribution in [0.2, 0.25) is 0 Å². The van der Waals surface area contributed by atoms with Crippen LogP contribution >= 0.6 is 0 Å². The van der Waals surface area contributed by atoms with Crippen molar-refractivity contribution in [2.24, 2.45) is 0 Å². The maximum atomic E-state index is 9.92. The zero-order chi connectivity index (χ0) is 13.5. The Morgan fingerprint density at radius 3 is 2.33 bits per heavy atom. The SMILES string of the molecule is CCCCCCC(O)C(O)c1ccc(O)c(O)c1. The lowest BCUT2D eigenvalue weighted by atomic mass is 9.99. The normalized spacial score (nSPS) is 14.4. The molecule has 0 heterocycles. The van der Waals surface area contributed by atoms with Crippen molar-refractivity contribution in [2.75, 3.05) is 0 Å². The van der Waals surface area contributed by atoms with E-state index in [0.717, 1.165) is 25.7 Å². The van der Waals surface area contributed by atoms with Gasteiger partial charge in [0.2, 0.25) is 0 Å². The second-order valence-electron chi connectivity index (χ2n) is 4.61. The molecule has 1 aromatic rings. The number of phenolic OH excluding ortho intramolecular Hbond substituents is 2. The average Bonchev–Trinajstić information content (AvgIpc) is 2.37. The molecule has 0 aromatic heterocycles. The van der Waals surface area contributed by atoms with E-state index in [1.165, 1.54) is 18.2 Å². The fourth-order valence-electron chi connectivity index (χ4n) is 1.88. The van der Waals surface area contributed by atoms with Gasteiger partial charge < -0.3 is 20.4 Å². The van der Waals surface area contributed by atoms with Gasteiger partial charge in [-0.2, -0.15) is 0 Å². The maximum Gasteiger partial charge on any atom is 0.157 e. The molecule has 0 saturated carbocycles. The number of benzene rings is 1. The molecule has 2 atom stereocenters. The maximum absolute atomic E-state index is 9.92. The lowest BCUT2D eigenvalue weighted by Gasteiger charge is -2.18. The van der Waals surface area contributed by atoms with E-state index >= 15 is 0 Å². The molecular formula is C14H22O4. The smallest absolute Gasteiger partial charge is 0.157 e. The minimum atomic E-state index is -1.03. The van der Waals surface area contributed by atoms with E-state index in [1.807, 2.05) is 0 Å². The van der Waals surface area contributed by atoms with Crippen LogP contribution in [0.4, 0.5) is 0 Å². The van der Waals surface area contributed by atoms with Gasteiger partial charge in [0.05, 0.1) is 6.10 Å². The van der Waals surface area contributed by atoms with Crippen molar-refractivity contribution in [3.05, 3.63) is 23.8 Å². The zero-order valence-electron chi connectivity index (χ0n) is 10.7. The van der Waals surface area contributed by atoms with Crippen LogP contribution in [0.3, 0.4) is 0 Å². The standard InChI is InChI=1S/C14H22O4/c1-2-3-4-5-6-12(16)14(18)10-7-8-11(15)13(17)9-10/h7-9,12,14-18H,2-6H2,1H3. The molecule has 4 nitrogen and oxygen atoms in total. The van der Waals surface area contributed by atoms with Gasteiger partial charge in [-0.25, -0.2) is 0 Å². The third-order valence-electron chi connectivity index (χ3n) is 3.06. The zero-order valence-corrected chi connectivity index (χ0v) is 10.7. The van der Waals surface area contributed by atoms with E-state index in [1.54, 1.807) is 0 Å². The first kappa shape index (κ1) is 14.8. The molecule has 1 rings (SSSR count). The summed E-state index contributed by atoms with van der Waals surface area (Å²) in [4.78, 5) is 0. The van der Waals surface area contributed by atoms with Gasteiger partial charge in [0, 0.05) is 0 Å². The molecule has 0 saturated heterocycles. The van der Waals surface area contributed by atoms with Gasteiger partial charge in [0.15, 0.2) is 11.5 Å². The molecular weight excluding hydrogens is 232 g/mol. The Morgan fingerprint density at radius 2 is 1.72 bits per heavy atom. The van der Waals surface area contributed by atoms with E-state index in [2.05, 4.69) is 6.92 Å². The van der Waals surface area contributed by atoms with Gasteiger partial charge >= 0.3 is 0 Å². The summed E-state index contributed by atoms with van der Waals surface area (Å²) < 4.78 is 0. The van der Waals surface area contributed by atoms with Crippen molar-refractivity contribution in [3.63, 3.8) is 0 Å². The number of unbranched alkanes of at least 4 members (excludes halogenated alkanes) is 3. The molecule has 0 fully saturated rings. The summed E-state index contributed by atoms with van der Waals surface area (Å²) in [5, 5.41) is 38.3. The molecule has 18 heavy (non-hydrogen) atoms. The van der Waals surface area contributed by atoms with Crippen molar-refractivity contribution in [2.45, 2.75) is 51.2 Å². The number of aliphatic hydroxyl groups excluding tert-OH is 2. The summed E-state index contributed by atoms with van der Waals surface area (Å²) in [6, 6.07) is 4.07. The van der Waals surface area contributed by atoms with Gasteiger partial charge in [0.1, 0.15) is 6.10 Å². The predicted octanol–water partition coefficient (Wildman–Crippen LogP) is 2.46. The van der Waals surface area contributed by atoms with Crippen LogP contribution in [0.15, 0.2) is 18.2 Å². The third-order valence-corrected chi connectivity index (χ3v) is 3.06. The molecule has 2 unspecified atom stereocenters. The van der Waals surface area contributed by atoms with Gasteiger partial charge in [-0.15, -0.1) is 0 Å². The first-order chi connectivity index (χ1) is 8.56. The molecule has 0 aliphatic carbocycles. The Hall–Kier alpha value is -1.26. The van der Waals surface area contributed by atoms with Crippen molar-refractivity contribution in [1.29, 1.82) is 0 Å². The van der Waals surface area contributed by atoms with Crippen molar-refractivity contribution in [1.82, 2.24) is 0 Å². The van der Waals surface area contributed by atoms with Gasteiger partial charge in [-0.1, -0.05) is 38.7 Å². The minimum Gasteiger partial charge on any atom is -0.504 e. The molecule has 4 N–H and O–H groups in total. The van der Waals surface area contributed by atoms with Gasteiger partial charge in [-0.05, 0) is 24.1 Å². The molecule has 0 aliphatic rings. The first-order valence-electron chi connectivity index (χ1n) is 6.44. The number of hydrogen-bond donors (Lipinski definition) is 4. The Morgan fingerprint density at radius 1 is 1.00 bits per heavy atom. The lowest BCUT2D eigenvalue weighted by molar-refractivity contribution is 0.0119. The number of aliphatic hydroxyl groups is 2. The molecule has 0 spiro atoms. The van der Waals surface area contributed by atoms with E-state index in [4.69, 9.17) is 0 Å². The van der Waals surface area contributed by atoms with Crippen LogP contribution in [0.1, 0.15) is 50.7 Å². The summed E-state index contributed by atoms with van der Waals surface area (Å²) in [5.74, 6) is -0.520. The Labute approximate surface area is 108 Å². The number of aromatic hydroxyl groups is 2. The Kier molecular flexibility index (Phi) is 5.95. The summed E-state index contributed by atoms with van der Waals surface area (Å²) in [7, 11) is 0. The van der Waals surface area contributed by atoms with Crippen LogP contribution in [0.25, 0.3) is 0 Å². The van der Waals surface area contributed by atoms with Crippen LogP contribution in [-0.2, 0) is 0 Å². The molecule has 4 heteroatoms. The van der Waals surface area contributed by atoms with Gasteiger partial charge in [0.25, 0.3) is 0 Å². The Bertz CT molecular complexity index is 365. The van der Waals surface area contributed by atoms with Crippen molar-refractivity contribution in [3.8, 4) is 11.5 Å². The first-order valence-corrected chi connectivity index (χ1v) is 6.44. The molecule has 0 amide bonds. The van der Waals surface area contributed by atoms with Crippen LogP contribution in [0, 0.1) is 0 Å². The van der Waals surface area contributed by atoms with Gasteiger partial charge in [-0.3, -0.25) is 0 Å². The number of phenols is 2. The summed E-state index contributed by atoms with van der Waals surface area (Å²) >= 11 is 0. The minimum absolute atomic E-state index is 0.233. The quantitative estimate of drug-likeness (QED) is 0.445.